The summed E-state index contributed by atoms with van der Waals surface area (Å²) in [5.74, 6) is 0. The Kier molecular flexibility index (Phi) is 6.20. The van der Waals surface area contributed by atoms with E-state index >= 15 is 0 Å². The zero-order valence-electron chi connectivity index (χ0n) is 8.11. The fourth-order valence-electron chi connectivity index (χ4n) is 1.05. The third kappa shape index (κ3) is 6.31. The lowest BCUT2D eigenvalue weighted by molar-refractivity contribution is 0.215. The van der Waals surface area contributed by atoms with Crippen molar-refractivity contribution in [1.29, 1.82) is 0 Å². The maximum atomic E-state index is 9.35. The van der Waals surface area contributed by atoms with Gasteiger partial charge in [0.05, 0.1) is 12.2 Å². The van der Waals surface area contributed by atoms with E-state index < -0.39 is 12.2 Å². The van der Waals surface area contributed by atoms with Gasteiger partial charge in [-0.15, -0.1) is 13.2 Å². The lowest BCUT2D eigenvalue weighted by Crippen LogP contribution is -2.05. The van der Waals surface area contributed by atoms with E-state index in [-0.39, 0.29) is 0 Å². The Morgan fingerprint density at radius 1 is 1.31 bits per heavy atom. The van der Waals surface area contributed by atoms with Gasteiger partial charge in [0, 0.05) is 0 Å². The summed E-state index contributed by atoms with van der Waals surface area (Å²) in [6, 6.07) is 0. The van der Waals surface area contributed by atoms with Crippen molar-refractivity contribution >= 4 is 0 Å². The summed E-state index contributed by atoms with van der Waals surface area (Å²) in [5, 5.41) is 18.6. The molecule has 0 spiro atoms. The second-order valence-electron chi connectivity index (χ2n) is 3.11. The maximum Gasteiger partial charge on any atom is 0.0757 e. The van der Waals surface area contributed by atoms with Crippen molar-refractivity contribution in [3.05, 3.63) is 37.0 Å². The largest absolute Gasteiger partial charge is 0.389 e. The van der Waals surface area contributed by atoms with Gasteiger partial charge in [-0.25, -0.2) is 0 Å². The number of aliphatic hydroxyl groups excluding tert-OH is 2. The molecule has 2 atom stereocenters. The van der Waals surface area contributed by atoms with Crippen molar-refractivity contribution in [3.63, 3.8) is 0 Å². The molecule has 0 aliphatic carbocycles. The highest BCUT2D eigenvalue weighted by Crippen LogP contribution is 2.08. The number of aliphatic hydroxyl groups is 2. The minimum atomic E-state index is -0.521. The van der Waals surface area contributed by atoms with Crippen molar-refractivity contribution < 1.29 is 10.2 Å². The molecule has 74 valence electrons. The van der Waals surface area contributed by atoms with E-state index in [1.54, 1.807) is 12.2 Å². The normalized spacial score (nSPS) is 16.4. The van der Waals surface area contributed by atoms with Gasteiger partial charge in [-0.1, -0.05) is 23.8 Å². The van der Waals surface area contributed by atoms with E-state index in [4.69, 9.17) is 0 Å². The lowest BCUT2D eigenvalue weighted by Gasteiger charge is -2.07. The highest BCUT2D eigenvalue weighted by atomic mass is 16.3. The van der Waals surface area contributed by atoms with Crippen LogP contribution in [0.5, 0.6) is 0 Å². The Hall–Kier alpha value is -0.860. The molecule has 0 bridgehead atoms. The van der Waals surface area contributed by atoms with Gasteiger partial charge in [0.25, 0.3) is 0 Å². The number of hydrogen-bond donors (Lipinski definition) is 2. The summed E-state index contributed by atoms with van der Waals surface area (Å²) in [6.07, 6.45) is 4.94. The van der Waals surface area contributed by atoms with E-state index in [1.165, 1.54) is 6.08 Å². The third-order valence-electron chi connectivity index (χ3n) is 1.69. The van der Waals surface area contributed by atoms with Crippen LogP contribution in [0.1, 0.15) is 19.8 Å². The molecule has 0 radical (unpaired) electrons. The van der Waals surface area contributed by atoms with E-state index in [2.05, 4.69) is 13.2 Å². The summed E-state index contributed by atoms with van der Waals surface area (Å²) in [6.45, 7) is 8.88. The zero-order valence-corrected chi connectivity index (χ0v) is 8.11. The Balaban J connectivity index is 3.99. The smallest absolute Gasteiger partial charge is 0.0757 e. The fourth-order valence-corrected chi connectivity index (χ4v) is 1.05. The monoisotopic (exact) mass is 182 g/mol. The minimum absolute atomic E-state index is 0.491. The van der Waals surface area contributed by atoms with Gasteiger partial charge in [0.1, 0.15) is 0 Å². The van der Waals surface area contributed by atoms with Crippen molar-refractivity contribution in [2.24, 2.45) is 0 Å². The molecule has 0 fully saturated rings. The Morgan fingerprint density at radius 3 is 2.38 bits per heavy atom. The van der Waals surface area contributed by atoms with Gasteiger partial charge >= 0.3 is 0 Å². The zero-order chi connectivity index (χ0) is 10.3. The van der Waals surface area contributed by atoms with E-state index in [9.17, 15) is 10.2 Å². The summed E-state index contributed by atoms with van der Waals surface area (Å²) in [4.78, 5) is 0. The molecular weight excluding hydrogens is 164 g/mol. The maximum absolute atomic E-state index is 9.35. The Morgan fingerprint density at radius 2 is 1.92 bits per heavy atom. The predicted molar refractivity (Wildman–Crippen MR) is 55.4 cm³/mol. The number of hydrogen-bond acceptors (Lipinski definition) is 2. The van der Waals surface area contributed by atoms with Gasteiger partial charge in [0.2, 0.25) is 0 Å². The van der Waals surface area contributed by atoms with Crippen LogP contribution >= 0.6 is 0 Å². The number of rotatable bonds is 6. The van der Waals surface area contributed by atoms with Gasteiger partial charge in [-0.05, 0) is 19.8 Å². The minimum Gasteiger partial charge on any atom is -0.389 e. The van der Waals surface area contributed by atoms with Gasteiger partial charge in [0.15, 0.2) is 0 Å². The molecule has 0 aromatic heterocycles. The van der Waals surface area contributed by atoms with Crippen molar-refractivity contribution in [2.45, 2.75) is 32.0 Å². The Bertz CT molecular complexity index is 194. The van der Waals surface area contributed by atoms with Gasteiger partial charge < -0.3 is 10.2 Å². The molecular formula is C11H18O2. The van der Waals surface area contributed by atoms with Crippen LogP contribution in [-0.4, -0.2) is 22.4 Å². The first-order valence-electron chi connectivity index (χ1n) is 4.37. The molecule has 2 heteroatoms. The fraction of sp³-hybridized carbons (Fsp3) is 0.455. The molecule has 0 aromatic carbocycles. The second kappa shape index (κ2) is 6.63. The highest BCUT2D eigenvalue weighted by Gasteiger charge is 2.02. The molecule has 2 nitrogen and oxygen atoms in total. The van der Waals surface area contributed by atoms with Crippen LogP contribution in [0.3, 0.4) is 0 Å². The molecule has 0 aliphatic heterocycles. The van der Waals surface area contributed by atoms with E-state index in [1.807, 2.05) is 6.92 Å². The average molecular weight is 182 g/mol. The summed E-state index contributed by atoms with van der Waals surface area (Å²) in [5.41, 5.74) is 0.960. The Labute approximate surface area is 79.9 Å². The van der Waals surface area contributed by atoms with Crippen LogP contribution in [0.2, 0.25) is 0 Å². The topological polar surface area (TPSA) is 40.5 Å². The molecule has 0 aliphatic rings. The summed E-state index contributed by atoms with van der Waals surface area (Å²) >= 11 is 0. The van der Waals surface area contributed by atoms with Gasteiger partial charge in [-0.3, -0.25) is 0 Å². The van der Waals surface area contributed by atoms with Crippen LogP contribution in [0, 0.1) is 0 Å². The lowest BCUT2D eigenvalue weighted by atomic mass is 10.1. The van der Waals surface area contributed by atoms with E-state index in [0.717, 1.165) is 5.57 Å². The quantitative estimate of drug-likeness (QED) is 0.615. The highest BCUT2D eigenvalue weighted by molar-refractivity contribution is 5.06. The van der Waals surface area contributed by atoms with Crippen molar-refractivity contribution in [2.75, 3.05) is 0 Å². The first-order chi connectivity index (χ1) is 6.10. The summed E-state index contributed by atoms with van der Waals surface area (Å²) < 4.78 is 0. The molecule has 0 saturated carbocycles. The molecule has 0 heterocycles. The molecule has 0 amide bonds. The average Bonchev–Trinajstić information content (AvgIpc) is 2.04. The predicted octanol–water partition coefficient (Wildman–Crippen LogP) is 1.81. The van der Waals surface area contributed by atoms with Crippen molar-refractivity contribution in [1.82, 2.24) is 0 Å². The molecule has 2 N–H and O–H groups in total. The standard InChI is InChI=1S/C11H18O2/c1-4-6-11(13)8-9(3)7-10(12)5-2/h4-5,8,10-13H,1-2,6-7H2,3H3/b9-8+/t10-,11+/m1/s1. The van der Waals surface area contributed by atoms with E-state index in [0.29, 0.717) is 12.8 Å². The van der Waals surface area contributed by atoms with Crippen LogP contribution < -0.4 is 0 Å². The first-order valence-corrected chi connectivity index (χ1v) is 4.37. The van der Waals surface area contributed by atoms with Crippen LogP contribution in [0.4, 0.5) is 0 Å². The van der Waals surface area contributed by atoms with Gasteiger partial charge in [-0.2, -0.15) is 0 Å². The van der Waals surface area contributed by atoms with Crippen LogP contribution in [0.25, 0.3) is 0 Å². The first kappa shape index (κ1) is 12.1. The second-order valence-corrected chi connectivity index (χ2v) is 3.11. The molecule has 0 unspecified atom stereocenters. The molecule has 0 rings (SSSR count). The third-order valence-corrected chi connectivity index (χ3v) is 1.69. The van der Waals surface area contributed by atoms with Crippen LogP contribution in [0.15, 0.2) is 37.0 Å². The van der Waals surface area contributed by atoms with Crippen LogP contribution in [-0.2, 0) is 0 Å². The van der Waals surface area contributed by atoms with Crippen molar-refractivity contribution in [3.8, 4) is 0 Å². The molecule has 0 aromatic rings. The SMILES string of the molecule is C=CC[C@H](O)/C=C(\C)C[C@H](O)C=C. The molecule has 0 saturated heterocycles. The molecule has 13 heavy (non-hydrogen) atoms. The summed E-state index contributed by atoms with van der Waals surface area (Å²) in [7, 11) is 0.